The monoisotopic (exact) mass is 462 g/mol. The van der Waals surface area contributed by atoms with Gasteiger partial charge in [0.05, 0.1) is 19.4 Å². The van der Waals surface area contributed by atoms with E-state index in [2.05, 4.69) is 5.32 Å². The third-order valence-corrected chi connectivity index (χ3v) is 6.58. The molecule has 1 atom stereocenters. The third-order valence-electron chi connectivity index (χ3n) is 5.32. The Balaban J connectivity index is 1.30. The van der Waals surface area contributed by atoms with Crippen molar-refractivity contribution in [2.45, 2.75) is 11.9 Å². The Morgan fingerprint density at radius 3 is 2.55 bits per heavy atom. The van der Waals surface area contributed by atoms with E-state index in [0.717, 1.165) is 16.9 Å². The van der Waals surface area contributed by atoms with Crippen molar-refractivity contribution in [3.05, 3.63) is 95.6 Å². The lowest BCUT2D eigenvalue weighted by atomic mass is 10.1. The molecule has 1 N–H and O–H groups in total. The first kappa shape index (κ1) is 22.7. The van der Waals surface area contributed by atoms with Crippen LogP contribution in [0.15, 0.2) is 78.9 Å². The number of carbonyl (C=O) groups excluding carboxylic acids is 2. The predicted octanol–water partition coefficient (Wildman–Crippen LogP) is 4.28. The highest BCUT2D eigenvalue weighted by Crippen LogP contribution is 2.39. The molecule has 3 aromatic carbocycles. The van der Waals surface area contributed by atoms with E-state index in [4.69, 9.17) is 9.47 Å². The molecule has 1 saturated heterocycles. The molecule has 1 aliphatic heterocycles. The van der Waals surface area contributed by atoms with Gasteiger partial charge in [-0.1, -0.05) is 48.5 Å². The van der Waals surface area contributed by atoms with Gasteiger partial charge in [-0.25, -0.2) is 0 Å². The number of thioether (sulfide) groups is 1. The van der Waals surface area contributed by atoms with Gasteiger partial charge in [-0.3, -0.25) is 9.59 Å². The first-order valence-corrected chi connectivity index (χ1v) is 11.8. The summed E-state index contributed by atoms with van der Waals surface area (Å²) >= 11 is 1.61. The Hall–Kier alpha value is -3.45. The summed E-state index contributed by atoms with van der Waals surface area (Å²) in [6.07, 6.45) is 0. The van der Waals surface area contributed by atoms with Crippen molar-refractivity contribution in [3.8, 4) is 11.5 Å². The summed E-state index contributed by atoms with van der Waals surface area (Å²) in [4.78, 5) is 26.8. The van der Waals surface area contributed by atoms with E-state index < -0.39 is 0 Å². The topological polar surface area (TPSA) is 67.9 Å². The minimum atomic E-state index is -0.160. The van der Waals surface area contributed by atoms with E-state index >= 15 is 0 Å². The van der Waals surface area contributed by atoms with Gasteiger partial charge in [-0.15, -0.1) is 11.8 Å². The molecular weight excluding hydrogens is 436 g/mol. The lowest BCUT2D eigenvalue weighted by Gasteiger charge is -2.24. The zero-order valence-electron chi connectivity index (χ0n) is 18.4. The van der Waals surface area contributed by atoms with Crippen LogP contribution >= 0.6 is 11.8 Å². The number of carbonyl (C=O) groups is 2. The van der Waals surface area contributed by atoms with E-state index in [1.165, 1.54) is 0 Å². The maximum absolute atomic E-state index is 12.5. The molecular formula is C26H26N2O4S. The van der Waals surface area contributed by atoms with Crippen LogP contribution in [0.3, 0.4) is 0 Å². The SMILES string of the molecule is COc1cccc(OCCNC(=O)c2ccc(C3SCC(=O)N3Cc3ccccc3)cc2)c1. The number of benzene rings is 3. The molecule has 0 spiro atoms. The first-order valence-electron chi connectivity index (χ1n) is 10.7. The lowest BCUT2D eigenvalue weighted by Crippen LogP contribution is -2.28. The van der Waals surface area contributed by atoms with Gasteiger partial charge in [0.25, 0.3) is 5.91 Å². The molecule has 0 saturated carbocycles. The normalized spacial score (nSPS) is 15.4. The van der Waals surface area contributed by atoms with Crippen LogP contribution in [0.5, 0.6) is 11.5 Å². The minimum Gasteiger partial charge on any atom is -0.497 e. The van der Waals surface area contributed by atoms with Gasteiger partial charge in [0, 0.05) is 18.2 Å². The van der Waals surface area contributed by atoms with Crippen LogP contribution in [0.1, 0.15) is 26.9 Å². The molecule has 4 rings (SSSR count). The van der Waals surface area contributed by atoms with E-state index in [1.807, 2.05) is 65.6 Å². The molecule has 1 fully saturated rings. The second-order valence-electron chi connectivity index (χ2n) is 7.58. The largest absolute Gasteiger partial charge is 0.497 e. The molecule has 7 heteroatoms. The standard InChI is InChI=1S/C26H26N2O4S/c1-31-22-8-5-9-23(16-22)32-15-14-27-25(30)20-10-12-21(13-11-20)26-28(24(29)18-33-26)17-19-6-3-2-4-7-19/h2-13,16,26H,14-15,17-18H2,1H3,(H,27,30). The maximum Gasteiger partial charge on any atom is 0.251 e. The molecule has 3 aromatic rings. The molecule has 33 heavy (non-hydrogen) atoms. The number of ether oxygens (including phenoxy) is 2. The van der Waals surface area contributed by atoms with Gasteiger partial charge in [-0.2, -0.15) is 0 Å². The van der Waals surface area contributed by atoms with Gasteiger partial charge < -0.3 is 19.7 Å². The van der Waals surface area contributed by atoms with E-state index in [0.29, 0.717) is 36.8 Å². The third kappa shape index (κ3) is 5.87. The molecule has 0 bridgehead atoms. The smallest absolute Gasteiger partial charge is 0.251 e. The Labute approximate surface area is 197 Å². The van der Waals surface area contributed by atoms with Crippen LogP contribution < -0.4 is 14.8 Å². The van der Waals surface area contributed by atoms with Crippen LogP contribution in [-0.4, -0.2) is 42.7 Å². The minimum absolute atomic E-state index is 0.0499. The Morgan fingerprint density at radius 2 is 1.79 bits per heavy atom. The Bertz CT molecular complexity index is 1090. The Morgan fingerprint density at radius 1 is 1.03 bits per heavy atom. The van der Waals surface area contributed by atoms with Gasteiger partial charge in [0.15, 0.2) is 0 Å². The predicted molar refractivity (Wildman–Crippen MR) is 129 cm³/mol. The molecule has 1 aliphatic rings. The fourth-order valence-electron chi connectivity index (χ4n) is 3.61. The van der Waals surface area contributed by atoms with Gasteiger partial charge in [0.2, 0.25) is 5.91 Å². The number of hydrogen-bond donors (Lipinski definition) is 1. The lowest BCUT2D eigenvalue weighted by molar-refractivity contribution is -0.128. The summed E-state index contributed by atoms with van der Waals surface area (Å²) in [6, 6.07) is 24.8. The molecule has 2 amide bonds. The Kier molecular flexibility index (Phi) is 7.52. The highest BCUT2D eigenvalue weighted by atomic mass is 32.2. The van der Waals surface area contributed by atoms with Crippen molar-refractivity contribution in [2.24, 2.45) is 0 Å². The first-order chi connectivity index (χ1) is 16.1. The molecule has 6 nitrogen and oxygen atoms in total. The van der Waals surface area contributed by atoms with Crippen molar-refractivity contribution < 1.29 is 19.1 Å². The highest BCUT2D eigenvalue weighted by Gasteiger charge is 2.32. The van der Waals surface area contributed by atoms with Crippen LogP contribution in [-0.2, 0) is 11.3 Å². The van der Waals surface area contributed by atoms with Crippen molar-refractivity contribution >= 4 is 23.6 Å². The average molecular weight is 463 g/mol. The molecule has 170 valence electrons. The summed E-state index contributed by atoms with van der Waals surface area (Å²) in [5.74, 6) is 1.85. The van der Waals surface area contributed by atoms with Crippen molar-refractivity contribution in [1.82, 2.24) is 10.2 Å². The summed E-state index contributed by atoms with van der Waals surface area (Å²) in [5, 5.41) is 2.82. The second-order valence-corrected chi connectivity index (χ2v) is 8.64. The fourth-order valence-corrected chi connectivity index (χ4v) is 4.79. The number of methoxy groups -OCH3 is 1. The number of rotatable bonds is 9. The van der Waals surface area contributed by atoms with Crippen LogP contribution in [0.4, 0.5) is 0 Å². The molecule has 0 radical (unpaired) electrons. The van der Waals surface area contributed by atoms with Crippen molar-refractivity contribution in [2.75, 3.05) is 26.0 Å². The van der Waals surface area contributed by atoms with Crippen LogP contribution in [0.2, 0.25) is 0 Å². The van der Waals surface area contributed by atoms with Gasteiger partial charge in [0.1, 0.15) is 23.5 Å². The van der Waals surface area contributed by atoms with Crippen LogP contribution in [0, 0.1) is 0 Å². The van der Waals surface area contributed by atoms with Crippen LogP contribution in [0.25, 0.3) is 0 Å². The zero-order valence-corrected chi connectivity index (χ0v) is 19.2. The molecule has 0 aliphatic carbocycles. The van der Waals surface area contributed by atoms with E-state index in [1.54, 1.807) is 37.1 Å². The summed E-state index contributed by atoms with van der Waals surface area (Å²) < 4.78 is 10.8. The summed E-state index contributed by atoms with van der Waals surface area (Å²) in [5.41, 5.74) is 2.69. The molecule has 1 heterocycles. The summed E-state index contributed by atoms with van der Waals surface area (Å²) in [7, 11) is 1.61. The second kappa shape index (κ2) is 10.9. The van der Waals surface area contributed by atoms with Crippen molar-refractivity contribution in [1.29, 1.82) is 0 Å². The fraction of sp³-hybridized carbons (Fsp3) is 0.231. The van der Waals surface area contributed by atoms with Gasteiger partial charge >= 0.3 is 0 Å². The number of nitrogens with zero attached hydrogens (tertiary/aromatic N) is 1. The maximum atomic E-state index is 12.5. The van der Waals surface area contributed by atoms with Gasteiger partial charge in [-0.05, 0) is 35.4 Å². The number of nitrogens with one attached hydrogen (secondary N) is 1. The molecule has 0 aromatic heterocycles. The number of hydrogen-bond acceptors (Lipinski definition) is 5. The molecule has 1 unspecified atom stereocenters. The summed E-state index contributed by atoms with van der Waals surface area (Å²) in [6.45, 7) is 1.31. The number of amides is 2. The zero-order chi connectivity index (χ0) is 23.0. The van der Waals surface area contributed by atoms with Crippen molar-refractivity contribution in [3.63, 3.8) is 0 Å². The average Bonchev–Trinajstić information content (AvgIpc) is 3.22. The van der Waals surface area contributed by atoms with E-state index in [-0.39, 0.29) is 17.2 Å². The quantitative estimate of drug-likeness (QED) is 0.481. The van der Waals surface area contributed by atoms with E-state index in [9.17, 15) is 9.59 Å². The highest BCUT2D eigenvalue weighted by molar-refractivity contribution is 8.00.